The van der Waals surface area contributed by atoms with Gasteiger partial charge in [0.05, 0.1) is 5.56 Å². The highest BCUT2D eigenvalue weighted by atomic mass is 19.4. The third-order valence-corrected chi connectivity index (χ3v) is 3.48. The van der Waals surface area contributed by atoms with Gasteiger partial charge in [-0.25, -0.2) is 0 Å². The standard InChI is InChI=1S/C14H16F3NO/c1-9-5-6-12(7-9)18-13(19)10-3-2-4-11(8-10)14(15,16)17/h2-4,8-9,12H,5-7H2,1H3,(H,18,19). The van der Waals surface area contributed by atoms with E-state index in [-0.39, 0.29) is 11.6 Å². The number of amides is 1. The van der Waals surface area contributed by atoms with Crippen LogP contribution in [-0.4, -0.2) is 11.9 Å². The van der Waals surface area contributed by atoms with Crippen molar-refractivity contribution in [2.24, 2.45) is 5.92 Å². The highest BCUT2D eigenvalue weighted by Crippen LogP contribution is 2.30. The lowest BCUT2D eigenvalue weighted by Gasteiger charge is -2.13. The van der Waals surface area contributed by atoms with E-state index in [1.807, 2.05) is 0 Å². The van der Waals surface area contributed by atoms with Crippen molar-refractivity contribution < 1.29 is 18.0 Å². The minimum Gasteiger partial charge on any atom is -0.349 e. The third kappa shape index (κ3) is 3.49. The van der Waals surface area contributed by atoms with E-state index in [0.29, 0.717) is 5.92 Å². The molecule has 104 valence electrons. The van der Waals surface area contributed by atoms with Crippen molar-refractivity contribution in [1.29, 1.82) is 0 Å². The number of halogens is 3. The van der Waals surface area contributed by atoms with Crippen molar-refractivity contribution in [2.75, 3.05) is 0 Å². The molecule has 0 radical (unpaired) electrons. The first-order chi connectivity index (χ1) is 8.86. The van der Waals surface area contributed by atoms with Crippen molar-refractivity contribution in [3.05, 3.63) is 35.4 Å². The maximum absolute atomic E-state index is 12.6. The molecule has 2 atom stereocenters. The lowest BCUT2D eigenvalue weighted by molar-refractivity contribution is -0.137. The number of benzene rings is 1. The van der Waals surface area contributed by atoms with Gasteiger partial charge in [0.25, 0.3) is 5.91 Å². The summed E-state index contributed by atoms with van der Waals surface area (Å²) in [6, 6.07) is 4.61. The molecule has 1 N–H and O–H groups in total. The van der Waals surface area contributed by atoms with Gasteiger partial charge in [0, 0.05) is 11.6 Å². The molecule has 0 aliphatic heterocycles. The van der Waals surface area contributed by atoms with Crippen LogP contribution in [0, 0.1) is 5.92 Å². The number of carbonyl (C=O) groups is 1. The molecule has 5 heteroatoms. The summed E-state index contributed by atoms with van der Waals surface area (Å²) >= 11 is 0. The van der Waals surface area contributed by atoms with Crippen LogP contribution in [0.15, 0.2) is 24.3 Å². The average molecular weight is 271 g/mol. The van der Waals surface area contributed by atoms with E-state index in [0.717, 1.165) is 31.4 Å². The molecule has 0 heterocycles. The third-order valence-electron chi connectivity index (χ3n) is 3.48. The van der Waals surface area contributed by atoms with Crippen LogP contribution in [0.4, 0.5) is 13.2 Å². The molecule has 1 aromatic rings. The molecule has 1 fully saturated rings. The highest BCUT2D eigenvalue weighted by molar-refractivity contribution is 5.94. The van der Waals surface area contributed by atoms with Crippen LogP contribution in [-0.2, 0) is 6.18 Å². The van der Waals surface area contributed by atoms with Gasteiger partial charge in [-0.05, 0) is 43.4 Å². The lowest BCUT2D eigenvalue weighted by atomic mass is 10.1. The molecule has 0 spiro atoms. The quantitative estimate of drug-likeness (QED) is 0.874. The average Bonchev–Trinajstić information content (AvgIpc) is 2.74. The zero-order valence-corrected chi connectivity index (χ0v) is 10.6. The Hall–Kier alpha value is -1.52. The summed E-state index contributed by atoms with van der Waals surface area (Å²) in [6.45, 7) is 2.11. The zero-order chi connectivity index (χ0) is 14.0. The lowest BCUT2D eigenvalue weighted by Crippen LogP contribution is -2.33. The summed E-state index contributed by atoms with van der Waals surface area (Å²) in [5.41, 5.74) is -0.727. The molecule has 2 unspecified atom stereocenters. The minimum atomic E-state index is -4.42. The Balaban J connectivity index is 2.07. The molecule has 2 nitrogen and oxygen atoms in total. The zero-order valence-electron chi connectivity index (χ0n) is 10.6. The fourth-order valence-electron chi connectivity index (χ4n) is 2.44. The van der Waals surface area contributed by atoms with Crippen molar-refractivity contribution in [3.8, 4) is 0 Å². The van der Waals surface area contributed by atoms with E-state index in [4.69, 9.17) is 0 Å². The first-order valence-electron chi connectivity index (χ1n) is 6.34. The monoisotopic (exact) mass is 271 g/mol. The SMILES string of the molecule is CC1CCC(NC(=O)c2cccc(C(F)(F)F)c2)C1. The predicted octanol–water partition coefficient (Wildman–Crippen LogP) is 3.62. The first-order valence-corrected chi connectivity index (χ1v) is 6.34. The molecule has 1 aliphatic rings. The molecule has 0 aromatic heterocycles. The van der Waals surface area contributed by atoms with E-state index in [1.165, 1.54) is 12.1 Å². The van der Waals surface area contributed by atoms with Crippen LogP contribution < -0.4 is 5.32 Å². The molecular weight excluding hydrogens is 255 g/mol. The van der Waals surface area contributed by atoms with Crippen LogP contribution in [0.1, 0.15) is 42.1 Å². The van der Waals surface area contributed by atoms with Crippen LogP contribution in [0.5, 0.6) is 0 Å². The van der Waals surface area contributed by atoms with Gasteiger partial charge in [-0.15, -0.1) is 0 Å². The summed E-state index contributed by atoms with van der Waals surface area (Å²) in [5.74, 6) is 0.136. The fourth-order valence-corrected chi connectivity index (χ4v) is 2.44. The Morgan fingerprint density at radius 1 is 1.32 bits per heavy atom. The molecular formula is C14H16F3NO. The van der Waals surface area contributed by atoms with Gasteiger partial charge in [-0.2, -0.15) is 13.2 Å². The number of hydrogen-bond donors (Lipinski definition) is 1. The van der Waals surface area contributed by atoms with Crippen LogP contribution >= 0.6 is 0 Å². The molecule has 1 aromatic carbocycles. The van der Waals surface area contributed by atoms with Gasteiger partial charge < -0.3 is 5.32 Å². The van der Waals surface area contributed by atoms with Gasteiger partial charge in [-0.1, -0.05) is 13.0 Å². The largest absolute Gasteiger partial charge is 0.416 e. The van der Waals surface area contributed by atoms with Gasteiger partial charge in [-0.3, -0.25) is 4.79 Å². The molecule has 2 rings (SSSR count). The second-order valence-corrected chi connectivity index (χ2v) is 5.17. The van der Waals surface area contributed by atoms with Gasteiger partial charge >= 0.3 is 6.18 Å². The van der Waals surface area contributed by atoms with Gasteiger partial charge in [0.1, 0.15) is 0 Å². The van der Waals surface area contributed by atoms with Crippen LogP contribution in [0.2, 0.25) is 0 Å². The van der Waals surface area contributed by atoms with E-state index in [1.54, 1.807) is 0 Å². The Labute approximate surface area is 110 Å². The molecule has 0 saturated heterocycles. The number of carbonyl (C=O) groups excluding carboxylic acids is 1. The first kappa shape index (κ1) is 13.9. The number of alkyl halides is 3. The Morgan fingerprint density at radius 2 is 2.05 bits per heavy atom. The molecule has 1 saturated carbocycles. The molecule has 1 aliphatic carbocycles. The maximum Gasteiger partial charge on any atom is 0.416 e. The Kier molecular flexibility index (Phi) is 3.83. The molecule has 19 heavy (non-hydrogen) atoms. The van der Waals surface area contributed by atoms with Crippen LogP contribution in [0.3, 0.4) is 0 Å². The molecule has 0 bridgehead atoms. The van der Waals surface area contributed by atoms with E-state index in [9.17, 15) is 18.0 Å². The molecule has 1 amide bonds. The van der Waals surface area contributed by atoms with Gasteiger partial charge in [0.15, 0.2) is 0 Å². The Morgan fingerprint density at radius 3 is 2.63 bits per heavy atom. The van der Waals surface area contributed by atoms with E-state index < -0.39 is 17.6 Å². The summed E-state index contributed by atoms with van der Waals surface area (Å²) in [4.78, 5) is 11.9. The van der Waals surface area contributed by atoms with Crippen molar-refractivity contribution in [1.82, 2.24) is 5.32 Å². The highest BCUT2D eigenvalue weighted by Gasteiger charge is 2.31. The van der Waals surface area contributed by atoms with Crippen LogP contribution in [0.25, 0.3) is 0 Å². The second-order valence-electron chi connectivity index (χ2n) is 5.17. The number of nitrogens with one attached hydrogen (secondary N) is 1. The normalized spacial score (nSPS) is 23.4. The Bertz CT molecular complexity index is 470. The number of hydrogen-bond acceptors (Lipinski definition) is 1. The summed E-state index contributed by atoms with van der Waals surface area (Å²) in [5, 5.41) is 2.80. The van der Waals surface area contributed by atoms with E-state index in [2.05, 4.69) is 12.2 Å². The van der Waals surface area contributed by atoms with Crippen molar-refractivity contribution >= 4 is 5.91 Å². The summed E-state index contributed by atoms with van der Waals surface area (Å²) < 4.78 is 37.7. The van der Waals surface area contributed by atoms with E-state index >= 15 is 0 Å². The summed E-state index contributed by atoms with van der Waals surface area (Å²) in [7, 11) is 0. The smallest absolute Gasteiger partial charge is 0.349 e. The summed E-state index contributed by atoms with van der Waals surface area (Å²) in [6.07, 6.45) is -1.58. The van der Waals surface area contributed by atoms with Crippen molar-refractivity contribution in [3.63, 3.8) is 0 Å². The topological polar surface area (TPSA) is 29.1 Å². The van der Waals surface area contributed by atoms with Crippen molar-refractivity contribution in [2.45, 2.75) is 38.4 Å². The predicted molar refractivity (Wildman–Crippen MR) is 65.7 cm³/mol. The fraction of sp³-hybridized carbons (Fsp3) is 0.500. The minimum absolute atomic E-state index is 0.0642. The number of rotatable bonds is 2. The maximum atomic E-state index is 12.6. The van der Waals surface area contributed by atoms with Gasteiger partial charge in [0.2, 0.25) is 0 Å². The second kappa shape index (κ2) is 5.23.